The summed E-state index contributed by atoms with van der Waals surface area (Å²) in [7, 11) is 0. The van der Waals surface area contributed by atoms with Crippen LogP contribution in [0.1, 0.15) is 56.2 Å². The molecule has 1 aliphatic heterocycles. The first-order valence-electron chi connectivity index (χ1n) is 12.9. The number of likely N-dealkylation sites (tertiary alicyclic amines) is 1. The van der Waals surface area contributed by atoms with Crippen molar-refractivity contribution in [3.8, 4) is 0 Å². The molecule has 2 aromatic rings. The fraction of sp³-hybridized carbons (Fsp3) is 0.400. The number of amides is 2. The number of allylic oxidation sites excluding steroid dienone is 4. The highest BCUT2D eigenvalue weighted by molar-refractivity contribution is 5.91. The molecule has 1 aliphatic carbocycles. The van der Waals surface area contributed by atoms with Crippen molar-refractivity contribution in [3.05, 3.63) is 89.5 Å². The number of piperidine rings is 1. The van der Waals surface area contributed by atoms with Gasteiger partial charge < -0.3 is 20.9 Å². The van der Waals surface area contributed by atoms with Crippen LogP contribution in [0.3, 0.4) is 0 Å². The van der Waals surface area contributed by atoms with Gasteiger partial charge in [0.25, 0.3) is 0 Å². The maximum absolute atomic E-state index is 12.8. The van der Waals surface area contributed by atoms with E-state index in [1.54, 1.807) is 11.6 Å². The van der Waals surface area contributed by atoms with Crippen LogP contribution < -0.4 is 10.6 Å². The lowest BCUT2D eigenvalue weighted by molar-refractivity contribution is 0.175. The summed E-state index contributed by atoms with van der Waals surface area (Å²) in [5, 5.41) is 13.5. The van der Waals surface area contributed by atoms with Gasteiger partial charge in [0.15, 0.2) is 0 Å². The standard InChI is InChI=1S/C30H38N4O/c1-23-7-5-8-25(19-23)20-24-13-16-34(17-14-24)18-15-29(27-10-3-2-4-11-27)33-30(35)32-28-12-6-9-26(21-28)22-31/h2-12,21-24,29,31H,13-20H2,1H3,(H2,32,33,35). The molecular weight excluding hydrogens is 432 g/mol. The maximum atomic E-state index is 12.8. The molecule has 5 nitrogen and oxygen atoms in total. The Kier molecular flexibility index (Phi) is 8.90. The Labute approximate surface area is 209 Å². The van der Waals surface area contributed by atoms with Crippen molar-refractivity contribution in [1.29, 1.82) is 5.41 Å². The van der Waals surface area contributed by atoms with Crippen molar-refractivity contribution < 1.29 is 4.79 Å². The number of nitrogens with one attached hydrogen (secondary N) is 3. The van der Waals surface area contributed by atoms with Gasteiger partial charge in [-0.3, -0.25) is 0 Å². The predicted octanol–water partition coefficient (Wildman–Crippen LogP) is 6.56. The topological polar surface area (TPSA) is 68.2 Å². The summed E-state index contributed by atoms with van der Waals surface area (Å²) >= 11 is 0. The number of anilines is 1. The molecule has 3 N–H and O–H groups in total. The lowest BCUT2D eigenvalue weighted by Crippen LogP contribution is -2.38. The summed E-state index contributed by atoms with van der Waals surface area (Å²) in [6, 6.07) is 17.3. The van der Waals surface area contributed by atoms with Crippen LogP contribution in [0.4, 0.5) is 10.5 Å². The Hall–Kier alpha value is -3.18. The van der Waals surface area contributed by atoms with Gasteiger partial charge in [-0.05, 0) is 80.3 Å². The largest absolute Gasteiger partial charge is 0.331 e. The average Bonchev–Trinajstić information content (AvgIpc) is 2.88. The minimum Gasteiger partial charge on any atom is -0.331 e. The van der Waals surface area contributed by atoms with Crippen LogP contribution >= 0.6 is 0 Å². The number of benzene rings is 2. The Morgan fingerprint density at radius 2 is 1.94 bits per heavy atom. The molecule has 5 heteroatoms. The zero-order chi connectivity index (χ0) is 24.5. The fourth-order valence-corrected chi connectivity index (χ4v) is 5.22. The first-order valence-corrected chi connectivity index (χ1v) is 12.9. The van der Waals surface area contributed by atoms with E-state index in [2.05, 4.69) is 52.8 Å². The van der Waals surface area contributed by atoms with Gasteiger partial charge in [-0.15, -0.1) is 0 Å². The molecule has 0 aromatic heterocycles. The van der Waals surface area contributed by atoms with Crippen molar-refractivity contribution in [2.45, 2.75) is 45.1 Å². The molecule has 0 radical (unpaired) electrons. The van der Waals surface area contributed by atoms with Gasteiger partial charge in [0.05, 0.1) is 6.04 Å². The maximum Gasteiger partial charge on any atom is 0.319 e. The Bertz CT molecular complexity index is 1040. The molecule has 2 aromatic carbocycles. The van der Waals surface area contributed by atoms with E-state index < -0.39 is 0 Å². The smallest absolute Gasteiger partial charge is 0.319 e. The molecule has 2 atom stereocenters. The number of carbonyl (C=O) groups excluding carboxylic acids is 1. The van der Waals surface area contributed by atoms with Crippen molar-refractivity contribution >= 4 is 17.9 Å². The second kappa shape index (κ2) is 12.5. The summed E-state index contributed by atoms with van der Waals surface area (Å²) in [5.41, 5.74) is 4.19. The van der Waals surface area contributed by atoms with E-state index in [-0.39, 0.29) is 12.1 Å². The SMILES string of the molecule is CC1C=CC=C(CC2CCN(CCC(NC(=O)Nc3cccc(C=N)c3)c3ccccc3)CC2)C1. The molecular formula is C30H38N4O. The second-order valence-electron chi connectivity index (χ2n) is 10.0. The number of carbonyl (C=O) groups is 1. The van der Waals surface area contributed by atoms with Crippen LogP contribution in [-0.4, -0.2) is 36.8 Å². The fourth-order valence-electron chi connectivity index (χ4n) is 5.22. The van der Waals surface area contributed by atoms with Crippen LogP contribution in [-0.2, 0) is 0 Å². The summed E-state index contributed by atoms with van der Waals surface area (Å²) in [4.78, 5) is 15.4. The third-order valence-corrected chi connectivity index (χ3v) is 7.17. The highest BCUT2D eigenvalue weighted by atomic mass is 16.2. The van der Waals surface area contributed by atoms with Crippen LogP contribution in [0.2, 0.25) is 0 Å². The van der Waals surface area contributed by atoms with E-state index in [1.807, 2.05) is 36.4 Å². The minimum atomic E-state index is -0.219. The van der Waals surface area contributed by atoms with Gasteiger partial charge in [0.2, 0.25) is 0 Å². The van der Waals surface area contributed by atoms with Crippen molar-refractivity contribution in [2.24, 2.45) is 11.8 Å². The van der Waals surface area contributed by atoms with Crippen LogP contribution in [0.5, 0.6) is 0 Å². The third-order valence-electron chi connectivity index (χ3n) is 7.17. The van der Waals surface area contributed by atoms with Gasteiger partial charge in [-0.2, -0.15) is 0 Å². The average molecular weight is 471 g/mol. The summed E-state index contributed by atoms with van der Waals surface area (Å²) in [6.45, 7) is 5.54. The van der Waals surface area contributed by atoms with E-state index >= 15 is 0 Å². The molecule has 0 bridgehead atoms. The monoisotopic (exact) mass is 470 g/mol. The van der Waals surface area contributed by atoms with Crippen LogP contribution in [0.15, 0.2) is 78.4 Å². The number of hydrogen-bond donors (Lipinski definition) is 3. The van der Waals surface area contributed by atoms with Gasteiger partial charge in [0.1, 0.15) is 0 Å². The summed E-state index contributed by atoms with van der Waals surface area (Å²) in [5.74, 6) is 1.47. The molecule has 4 rings (SSSR count). The zero-order valence-corrected chi connectivity index (χ0v) is 20.7. The molecule has 2 aliphatic rings. The van der Waals surface area contributed by atoms with Crippen molar-refractivity contribution in [1.82, 2.24) is 10.2 Å². The van der Waals surface area contributed by atoms with Gasteiger partial charge in [0, 0.05) is 18.4 Å². The number of rotatable bonds is 9. The number of hydrogen-bond acceptors (Lipinski definition) is 3. The first-order chi connectivity index (χ1) is 17.1. The Morgan fingerprint density at radius 1 is 1.14 bits per heavy atom. The molecule has 184 valence electrons. The molecule has 2 unspecified atom stereocenters. The summed E-state index contributed by atoms with van der Waals surface area (Å²) in [6.07, 6.45) is 14.0. The highest BCUT2D eigenvalue weighted by Crippen LogP contribution is 2.30. The highest BCUT2D eigenvalue weighted by Gasteiger charge is 2.22. The molecule has 1 heterocycles. The molecule has 2 amide bonds. The Morgan fingerprint density at radius 3 is 2.69 bits per heavy atom. The van der Waals surface area contributed by atoms with Gasteiger partial charge in [-0.25, -0.2) is 4.79 Å². The van der Waals surface area contributed by atoms with Crippen LogP contribution in [0.25, 0.3) is 0 Å². The van der Waals surface area contributed by atoms with Gasteiger partial charge >= 0.3 is 6.03 Å². The molecule has 1 fully saturated rings. The van der Waals surface area contributed by atoms with Gasteiger partial charge in [-0.1, -0.05) is 73.2 Å². The van der Waals surface area contributed by atoms with E-state index in [4.69, 9.17) is 5.41 Å². The van der Waals surface area contributed by atoms with E-state index in [0.29, 0.717) is 11.6 Å². The molecule has 1 saturated heterocycles. The third kappa shape index (κ3) is 7.66. The Balaban J connectivity index is 1.29. The second-order valence-corrected chi connectivity index (χ2v) is 10.0. The van der Waals surface area contributed by atoms with E-state index in [1.165, 1.54) is 31.9 Å². The normalized spacial score (nSPS) is 19.6. The quantitative estimate of drug-likeness (QED) is 0.363. The number of nitrogens with zero attached hydrogens (tertiary/aromatic N) is 1. The lowest BCUT2D eigenvalue weighted by Gasteiger charge is -2.34. The zero-order valence-electron chi connectivity index (χ0n) is 20.7. The van der Waals surface area contributed by atoms with Crippen molar-refractivity contribution in [3.63, 3.8) is 0 Å². The lowest BCUT2D eigenvalue weighted by atomic mass is 9.85. The van der Waals surface area contributed by atoms with Crippen molar-refractivity contribution in [2.75, 3.05) is 25.0 Å². The molecule has 0 spiro atoms. The predicted molar refractivity (Wildman–Crippen MR) is 145 cm³/mol. The summed E-state index contributed by atoms with van der Waals surface area (Å²) < 4.78 is 0. The number of urea groups is 1. The molecule has 35 heavy (non-hydrogen) atoms. The van der Waals surface area contributed by atoms with E-state index in [9.17, 15) is 4.79 Å². The molecule has 0 saturated carbocycles. The minimum absolute atomic E-state index is 0.0551. The van der Waals surface area contributed by atoms with Crippen LogP contribution in [0, 0.1) is 17.2 Å². The first kappa shape index (κ1) is 24.9. The van der Waals surface area contributed by atoms with E-state index in [0.717, 1.165) is 43.1 Å².